The molecule has 0 spiro atoms. The van der Waals surface area contributed by atoms with Gasteiger partial charge < -0.3 is 15.5 Å². The first-order valence-corrected chi connectivity index (χ1v) is 7.14. The number of nitrogens with one attached hydrogen (secondary N) is 2. The number of benzene rings is 1. The van der Waals surface area contributed by atoms with Crippen LogP contribution in [0.1, 0.15) is 19.8 Å². The van der Waals surface area contributed by atoms with Crippen LogP contribution >= 0.6 is 11.6 Å². The molecule has 3 amide bonds. The number of nitrogens with zero attached hydrogens (tertiary/aromatic N) is 1. The fourth-order valence-electron chi connectivity index (χ4n) is 2.10. The second-order valence-electron chi connectivity index (χ2n) is 5.08. The molecule has 0 aliphatic carbocycles. The van der Waals surface area contributed by atoms with Crippen molar-refractivity contribution in [3.05, 3.63) is 35.4 Å². The Balaban J connectivity index is 2.10. The molecule has 1 aliphatic rings. The van der Waals surface area contributed by atoms with Crippen LogP contribution in [0.25, 0.3) is 0 Å². The number of hydrogen-bond acceptors (Lipinski definition) is 2. The summed E-state index contributed by atoms with van der Waals surface area (Å²) in [5.41, 5.74) is 2.08. The van der Waals surface area contributed by atoms with Crippen molar-refractivity contribution in [1.29, 1.82) is 0 Å². The number of urea groups is 1. The molecule has 0 saturated carbocycles. The van der Waals surface area contributed by atoms with Gasteiger partial charge in [-0.1, -0.05) is 23.8 Å². The number of anilines is 2. The molecule has 6 heteroatoms. The Hall–Kier alpha value is -2.01. The molecule has 1 saturated heterocycles. The summed E-state index contributed by atoms with van der Waals surface area (Å²) in [4.78, 5) is 25.2. The zero-order valence-corrected chi connectivity index (χ0v) is 12.7. The lowest BCUT2D eigenvalue weighted by molar-refractivity contribution is -0.117. The molecule has 0 aromatic heterocycles. The number of carbonyl (C=O) groups is 2. The first kappa shape index (κ1) is 15.4. The highest BCUT2D eigenvalue weighted by molar-refractivity contribution is 6.33. The smallest absolute Gasteiger partial charge is 0.319 e. The molecule has 0 atom stereocenters. The van der Waals surface area contributed by atoms with Crippen molar-refractivity contribution in [3.8, 4) is 0 Å². The van der Waals surface area contributed by atoms with Gasteiger partial charge in [0, 0.05) is 25.2 Å². The fourth-order valence-corrected chi connectivity index (χ4v) is 2.26. The summed E-state index contributed by atoms with van der Waals surface area (Å²) in [6, 6.07) is 4.82. The van der Waals surface area contributed by atoms with E-state index < -0.39 is 0 Å². The predicted molar refractivity (Wildman–Crippen MR) is 84.9 cm³/mol. The van der Waals surface area contributed by atoms with E-state index in [1.54, 1.807) is 23.1 Å². The van der Waals surface area contributed by atoms with Crippen molar-refractivity contribution in [2.75, 3.05) is 23.3 Å². The second-order valence-corrected chi connectivity index (χ2v) is 5.49. The van der Waals surface area contributed by atoms with Gasteiger partial charge in [-0.25, -0.2) is 4.79 Å². The number of carbonyl (C=O) groups excluding carboxylic acids is 2. The minimum Gasteiger partial charge on any atom is -0.334 e. The molecule has 0 unspecified atom stereocenters. The van der Waals surface area contributed by atoms with Gasteiger partial charge in [0.1, 0.15) is 0 Å². The molecule has 1 heterocycles. The van der Waals surface area contributed by atoms with Crippen molar-refractivity contribution in [2.45, 2.75) is 19.8 Å². The third kappa shape index (κ3) is 3.98. The zero-order valence-electron chi connectivity index (χ0n) is 11.9. The van der Waals surface area contributed by atoms with Gasteiger partial charge in [0.15, 0.2) is 0 Å². The summed E-state index contributed by atoms with van der Waals surface area (Å²) < 4.78 is 0. The molecule has 2 N–H and O–H groups in total. The quantitative estimate of drug-likeness (QED) is 0.839. The molecule has 21 heavy (non-hydrogen) atoms. The SMILES string of the molecule is C=C(C)CNC(=O)Nc1cc(N2CCCC2=O)ccc1Cl. The maximum Gasteiger partial charge on any atom is 0.319 e. The van der Waals surface area contributed by atoms with E-state index in [2.05, 4.69) is 17.2 Å². The number of rotatable bonds is 4. The molecule has 5 nitrogen and oxygen atoms in total. The topological polar surface area (TPSA) is 61.4 Å². The van der Waals surface area contributed by atoms with Gasteiger partial charge in [-0.05, 0) is 31.5 Å². The largest absolute Gasteiger partial charge is 0.334 e. The Labute approximate surface area is 129 Å². The maximum atomic E-state index is 11.8. The lowest BCUT2D eigenvalue weighted by atomic mass is 10.2. The van der Waals surface area contributed by atoms with E-state index in [-0.39, 0.29) is 11.9 Å². The maximum absolute atomic E-state index is 11.8. The first-order chi connectivity index (χ1) is 9.97. The van der Waals surface area contributed by atoms with Gasteiger partial charge in [-0.3, -0.25) is 4.79 Å². The van der Waals surface area contributed by atoms with Crippen LogP contribution in [0.15, 0.2) is 30.4 Å². The standard InChI is InChI=1S/C15H18ClN3O2/c1-10(2)9-17-15(21)18-13-8-11(5-6-12(13)16)19-7-3-4-14(19)20/h5-6,8H,1,3-4,7,9H2,2H3,(H2,17,18,21). The van der Waals surface area contributed by atoms with Gasteiger partial charge >= 0.3 is 6.03 Å². The van der Waals surface area contributed by atoms with Gasteiger partial charge in [-0.2, -0.15) is 0 Å². The van der Waals surface area contributed by atoms with Crippen LogP contribution in [-0.4, -0.2) is 25.0 Å². The lowest BCUT2D eigenvalue weighted by Crippen LogP contribution is -2.30. The number of halogens is 1. The Kier molecular flexibility index (Phi) is 4.85. The average molecular weight is 308 g/mol. The Bertz CT molecular complexity index is 586. The van der Waals surface area contributed by atoms with Crippen LogP contribution in [0.3, 0.4) is 0 Å². The van der Waals surface area contributed by atoms with Gasteiger partial charge in [0.25, 0.3) is 0 Å². The van der Waals surface area contributed by atoms with Crippen LogP contribution in [0, 0.1) is 0 Å². The van der Waals surface area contributed by atoms with E-state index in [1.807, 2.05) is 6.92 Å². The summed E-state index contributed by atoms with van der Waals surface area (Å²) >= 11 is 6.08. The van der Waals surface area contributed by atoms with Crippen molar-refractivity contribution < 1.29 is 9.59 Å². The zero-order chi connectivity index (χ0) is 15.4. The Morgan fingerprint density at radius 3 is 2.86 bits per heavy atom. The van der Waals surface area contributed by atoms with Crippen LogP contribution in [-0.2, 0) is 4.79 Å². The Morgan fingerprint density at radius 1 is 1.48 bits per heavy atom. The second kappa shape index (κ2) is 6.63. The third-order valence-corrected chi connectivity index (χ3v) is 3.46. The van der Waals surface area contributed by atoms with E-state index >= 15 is 0 Å². The first-order valence-electron chi connectivity index (χ1n) is 6.76. The van der Waals surface area contributed by atoms with Gasteiger partial charge in [0.2, 0.25) is 5.91 Å². The summed E-state index contributed by atoms with van der Waals surface area (Å²) in [7, 11) is 0. The molecular formula is C15H18ClN3O2. The minimum atomic E-state index is -0.357. The highest BCUT2D eigenvalue weighted by Gasteiger charge is 2.22. The molecule has 1 aromatic carbocycles. The molecule has 1 aliphatic heterocycles. The summed E-state index contributed by atoms with van der Waals surface area (Å²) in [5, 5.41) is 5.78. The lowest BCUT2D eigenvalue weighted by Gasteiger charge is -2.17. The molecule has 112 valence electrons. The summed E-state index contributed by atoms with van der Waals surface area (Å²) in [5.74, 6) is 0.0926. The highest BCUT2D eigenvalue weighted by atomic mass is 35.5. The highest BCUT2D eigenvalue weighted by Crippen LogP contribution is 2.29. The third-order valence-electron chi connectivity index (χ3n) is 3.13. The average Bonchev–Trinajstić information content (AvgIpc) is 2.85. The summed E-state index contributed by atoms with van der Waals surface area (Å²) in [6.07, 6.45) is 1.41. The van der Waals surface area contributed by atoms with E-state index in [1.165, 1.54) is 0 Å². The van der Waals surface area contributed by atoms with Crippen LogP contribution in [0.5, 0.6) is 0 Å². The van der Waals surface area contributed by atoms with Gasteiger partial charge in [-0.15, -0.1) is 0 Å². The van der Waals surface area contributed by atoms with E-state index in [9.17, 15) is 9.59 Å². The number of hydrogen-bond donors (Lipinski definition) is 2. The molecule has 2 rings (SSSR count). The van der Waals surface area contributed by atoms with Crippen LogP contribution in [0.4, 0.5) is 16.2 Å². The van der Waals surface area contributed by atoms with Crippen molar-refractivity contribution in [1.82, 2.24) is 5.32 Å². The van der Waals surface area contributed by atoms with E-state index in [4.69, 9.17) is 11.6 Å². The fraction of sp³-hybridized carbons (Fsp3) is 0.333. The molecule has 0 radical (unpaired) electrons. The van der Waals surface area contributed by atoms with Crippen molar-refractivity contribution in [3.63, 3.8) is 0 Å². The predicted octanol–water partition coefficient (Wildman–Crippen LogP) is 3.16. The molecule has 1 fully saturated rings. The van der Waals surface area contributed by atoms with E-state index in [0.717, 1.165) is 17.7 Å². The van der Waals surface area contributed by atoms with Crippen molar-refractivity contribution >= 4 is 34.9 Å². The molecular weight excluding hydrogens is 290 g/mol. The summed E-state index contributed by atoms with van der Waals surface area (Å²) in [6.45, 7) is 6.63. The number of amides is 3. The van der Waals surface area contributed by atoms with Crippen LogP contribution < -0.4 is 15.5 Å². The van der Waals surface area contributed by atoms with Crippen LogP contribution in [0.2, 0.25) is 5.02 Å². The minimum absolute atomic E-state index is 0.0926. The Morgan fingerprint density at radius 2 is 2.24 bits per heavy atom. The molecule has 1 aromatic rings. The normalized spacial score (nSPS) is 14.2. The van der Waals surface area contributed by atoms with Crippen molar-refractivity contribution in [2.24, 2.45) is 0 Å². The molecule has 0 bridgehead atoms. The monoisotopic (exact) mass is 307 g/mol. The van der Waals surface area contributed by atoms with Gasteiger partial charge in [0.05, 0.1) is 10.7 Å². The van der Waals surface area contributed by atoms with E-state index in [0.29, 0.717) is 30.2 Å².